The number of amides is 6. The Morgan fingerprint density at radius 1 is 0.754 bits per heavy atom. The van der Waals surface area contributed by atoms with E-state index in [1.165, 1.54) is 5.69 Å². The highest BCUT2D eigenvalue weighted by Crippen LogP contribution is 2.37. The van der Waals surface area contributed by atoms with Crippen LogP contribution in [-0.4, -0.2) is 141 Å². The Morgan fingerprint density at radius 2 is 1.49 bits per heavy atom. The number of carbonyl (C=O) groups excluding carboxylic acids is 6. The van der Waals surface area contributed by atoms with E-state index in [9.17, 15) is 28.8 Å². The predicted molar refractivity (Wildman–Crippen MR) is 257 cm³/mol. The van der Waals surface area contributed by atoms with Crippen molar-refractivity contribution < 1.29 is 28.8 Å². The van der Waals surface area contributed by atoms with Crippen LogP contribution in [0.3, 0.4) is 0 Å². The molecule has 356 valence electrons. The first-order valence-corrected chi connectivity index (χ1v) is 24.4. The Kier molecular flexibility index (Phi) is 12.0. The lowest BCUT2D eigenvalue weighted by atomic mass is 9.86. The van der Waals surface area contributed by atoms with Crippen molar-refractivity contribution in [2.75, 3.05) is 74.0 Å². The quantitative estimate of drug-likeness (QED) is 0.144. The number of piperidine rings is 2. The van der Waals surface area contributed by atoms with Crippen LogP contribution in [0.5, 0.6) is 0 Å². The van der Waals surface area contributed by atoms with Gasteiger partial charge < -0.3 is 29.9 Å². The minimum atomic E-state index is -1.00. The van der Waals surface area contributed by atoms with Gasteiger partial charge in [0.25, 0.3) is 11.8 Å². The zero-order valence-corrected chi connectivity index (χ0v) is 38.5. The van der Waals surface area contributed by atoms with Gasteiger partial charge in [-0.2, -0.15) is 0 Å². The van der Waals surface area contributed by atoms with Crippen LogP contribution in [0.2, 0.25) is 0 Å². The molecule has 18 nitrogen and oxygen atoms in total. The van der Waals surface area contributed by atoms with Crippen molar-refractivity contribution in [3.05, 3.63) is 102 Å². The normalized spacial score (nSPS) is 22.3. The van der Waals surface area contributed by atoms with Crippen molar-refractivity contribution in [1.82, 2.24) is 44.9 Å². The molecule has 3 aromatic carbocycles. The first-order valence-electron chi connectivity index (χ1n) is 24.4. The minimum absolute atomic E-state index is 0.0443. The zero-order chi connectivity index (χ0) is 47.2. The third-order valence-corrected chi connectivity index (χ3v) is 15.1. The molecular weight excluding hydrogens is 877 g/mol. The lowest BCUT2D eigenvalue weighted by Crippen LogP contribution is -2.55. The molecule has 0 radical (unpaired) electrons. The van der Waals surface area contributed by atoms with E-state index in [0.29, 0.717) is 36.8 Å². The topological polar surface area (TPSA) is 198 Å². The average molecular weight is 933 g/mol. The lowest BCUT2D eigenvalue weighted by Gasteiger charge is -2.43. The number of benzene rings is 3. The Morgan fingerprint density at radius 3 is 2.25 bits per heavy atom. The Bertz CT molecular complexity index is 2790. The van der Waals surface area contributed by atoms with Crippen LogP contribution in [0, 0.1) is 11.8 Å². The van der Waals surface area contributed by atoms with Gasteiger partial charge in [0.05, 0.1) is 29.8 Å². The van der Waals surface area contributed by atoms with Crippen LogP contribution in [0.25, 0.3) is 11.2 Å². The average Bonchev–Trinajstić information content (AvgIpc) is 3.87. The summed E-state index contributed by atoms with van der Waals surface area (Å²) in [6.45, 7) is 7.63. The third-order valence-electron chi connectivity index (χ3n) is 15.1. The van der Waals surface area contributed by atoms with Crippen LogP contribution in [0.15, 0.2) is 85.5 Å². The van der Waals surface area contributed by atoms with Gasteiger partial charge in [0.1, 0.15) is 12.4 Å². The van der Waals surface area contributed by atoms with Gasteiger partial charge in [-0.25, -0.2) is 15.0 Å². The molecule has 3 N–H and O–H groups in total. The van der Waals surface area contributed by atoms with Crippen LogP contribution in [0.4, 0.5) is 22.9 Å². The second kappa shape index (κ2) is 18.7. The maximum atomic E-state index is 13.5. The third kappa shape index (κ3) is 9.00. The van der Waals surface area contributed by atoms with E-state index < -0.39 is 29.7 Å². The van der Waals surface area contributed by atoms with Crippen LogP contribution in [-0.2, 0) is 25.6 Å². The molecule has 7 heterocycles. The molecule has 6 aliphatic rings. The van der Waals surface area contributed by atoms with Crippen molar-refractivity contribution in [2.45, 2.75) is 69.5 Å². The van der Waals surface area contributed by atoms with Crippen molar-refractivity contribution in [2.24, 2.45) is 11.8 Å². The van der Waals surface area contributed by atoms with Gasteiger partial charge in [-0.15, -0.1) is 0 Å². The van der Waals surface area contributed by atoms with Gasteiger partial charge >= 0.3 is 0 Å². The molecule has 69 heavy (non-hydrogen) atoms. The van der Waals surface area contributed by atoms with Crippen LogP contribution >= 0.6 is 0 Å². The summed E-state index contributed by atoms with van der Waals surface area (Å²) in [6, 6.07) is 22.7. The molecule has 0 unspecified atom stereocenters. The van der Waals surface area contributed by atoms with E-state index >= 15 is 0 Å². The molecule has 0 bridgehead atoms. The van der Waals surface area contributed by atoms with E-state index in [1.807, 2.05) is 46.5 Å². The number of hydrogen-bond donors (Lipinski definition) is 3. The summed E-state index contributed by atoms with van der Waals surface area (Å²) in [4.78, 5) is 100. The van der Waals surface area contributed by atoms with Gasteiger partial charge in [-0.3, -0.25) is 43.9 Å². The number of likely N-dealkylation sites (tertiary alicyclic amines) is 1. The SMILES string of the molecule is O=C1CC[C@H](N2C(=O)c3ccc(N4CC(C(=O)N5CCC(CCN6CCN(c7ccc(Nc8ncnc9c8ncn9C8CC(NC(=O)Cc9ccccc9)C8)cc7)CC6)CC5)C4)cc3C2=O)C(=O)N1. The molecule has 1 aliphatic carbocycles. The largest absolute Gasteiger partial charge is 0.370 e. The minimum Gasteiger partial charge on any atom is -0.370 e. The summed E-state index contributed by atoms with van der Waals surface area (Å²) >= 11 is 0. The molecular formula is C51H56N12O6. The number of nitrogens with one attached hydrogen (secondary N) is 3. The smallest absolute Gasteiger partial charge is 0.262 e. The Hall–Kier alpha value is -7.21. The first kappa shape index (κ1) is 44.3. The summed E-state index contributed by atoms with van der Waals surface area (Å²) in [7, 11) is 0. The van der Waals surface area contributed by atoms with E-state index in [2.05, 4.69) is 69.5 Å². The van der Waals surface area contributed by atoms with E-state index in [1.54, 1.807) is 24.5 Å². The lowest BCUT2D eigenvalue weighted by molar-refractivity contribution is -0.138. The number of nitrogens with zero attached hydrogens (tertiary/aromatic N) is 9. The predicted octanol–water partition coefficient (Wildman–Crippen LogP) is 3.92. The number of carbonyl (C=O) groups is 6. The molecule has 18 heteroatoms. The van der Waals surface area contributed by atoms with Gasteiger partial charge in [0.15, 0.2) is 17.0 Å². The highest BCUT2D eigenvalue weighted by molar-refractivity contribution is 6.23. The number of fused-ring (bicyclic) bond motifs is 2. The Labute approximate surface area is 399 Å². The number of imidazole rings is 1. The highest BCUT2D eigenvalue weighted by Gasteiger charge is 2.45. The number of imide groups is 2. The molecule has 5 aliphatic heterocycles. The number of anilines is 4. The highest BCUT2D eigenvalue weighted by atomic mass is 16.2. The van der Waals surface area contributed by atoms with Gasteiger partial charge in [0, 0.05) is 87.9 Å². The van der Waals surface area contributed by atoms with E-state index in [4.69, 9.17) is 0 Å². The van der Waals surface area contributed by atoms with Crippen molar-refractivity contribution >= 4 is 69.5 Å². The molecule has 1 atom stereocenters. The molecule has 1 saturated carbocycles. The fraction of sp³-hybridized carbons (Fsp3) is 0.431. The van der Waals surface area contributed by atoms with Crippen molar-refractivity contribution in [1.29, 1.82) is 0 Å². The number of hydrogen-bond acceptors (Lipinski definition) is 13. The Balaban J connectivity index is 0.589. The monoisotopic (exact) mass is 932 g/mol. The maximum Gasteiger partial charge on any atom is 0.262 e. The van der Waals surface area contributed by atoms with E-state index in [-0.39, 0.29) is 53.8 Å². The summed E-state index contributed by atoms with van der Waals surface area (Å²) < 4.78 is 2.10. The molecule has 5 aromatic rings. The van der Waals surface area contributed by atoms with Gasteiger partial charge in [-0.1, -0.05) is 30.3 Å². The fourth-order valence-corrected chi connectivity index (χ4v) is 10.9. The summed E-state index contributed by atoms with van der Waals surface area (Å²) in [5.41, 5.74) is 5.88. The second-order valence-electron chi connectivity index (χ2n) is 19.4. The summed E-state index contributed by atoms with van der Waals surface area (Å²) in [5.74, 6) is -0.728. The van der Waals surface area contributed by atoms with Crippen LogP contribution in [0.1, 0.15) is 77.3 Å². The van der Waals surface area contributed by atoms with Crippen molar-refractivity contribution in [3.63, 3.8) is 0 Å². The standard InChI is InChI=1S/C51H56N12O6/c64-43-13-12-42(48(66)57-43)63-50(68)40-11-10-38(27-41(40)51(63)69)61-28-34(29-61)49(67)60-18-15-32(16-19-60)14-17-58-20-22-59(23-21-58)37-8-6-35(7-9-37)56-46-45-47(53-30-52-46)62(31-54-45)39-25-36(26-39)55-44(65)24-33-4-2-1-3-5-33/h1-11,27,30-32,34,36,39,42H,12-26,28-29H2,(H,55,65)(H,52,53,56)(H,57,64,66)/t36?,39?,42-/m0/s1. The number of aromatic nitrogens is 4. The van der Waals surface area contributed by atoms with Crippen LogP contribution < -0.4 is 25.8 Å². The summed E-state index contributed by atoms with van der Waals surface area (Å²) in [5, 5.41) is 8.85. The van der Waals surface area contributed by atoms with Gasteiger partial charge in [0.2, 0.25) is 23.6 Å². The zero-order valence-electron chi connectivity index (χ0n) is 38.5. The maximum absolute atomic E-state index is 13.5. The number of piperazine rings is 1. The first-order chi connectivity index (χ1) is 33.6. The molecule has 5 fully saturated rings. The molecule has 2 aromatic heterocycles. The molecule has 11 rings (SSSR count). The fourth-order valence-electron chi connectivity index (χ4n) is 10.9. The summed E-state index contributed by atoms with van der Waals surface area (Å²) in [6.07, 6.45) is 8.78. The van der Waals surface area contributed by atoms with E-state index in [0.717, 1.165) is 105 Å². The van der Waals surface area contributed by atoms with Gasteiger partial charge in [-0.05, 0) is 99.0 Å². The molecule has 0 spiro atoms. The molecule has 4 saturated heterocycles. The number of rotatable bonds is 13. The molecule has 6 amide bonds. The second-order valence-corrected chi connectivity index (χ2v) is 19.4. The van der Waals surface area contributed by atoms with Crippen molar-refractivity contribution in [3.8, 4) is 0 Å².